The van der Waals surface area contributed by atoms with Gasteiger partial charge < -0.3 is 20.8 Å². The van der Waals surface area contributed by atoms with E-state index in [4.69, 9.17) is 0 Å². The average molecular weight is 491 g/mol. The van der Waals surface area contributed by atoms with Gasteiger partial charge in [0.05, 0.1) is 22.2 Å². The number of hydrogen-bond donors (Lipinski definition) is 4. The van der Waals surface area contributed by atoms with E-state index in [0.29, 0.717) is 16.7 Å². The van der Waals surface area contributed by atoms with Crippen molar-refractivity contribution in [1.29, 1.82) is 0 Å². The molecule has 4 N–H and O–H groups in total. The molecular formula is C25H42N4O4Si. The second-order valence-corrected chi connectivity index (χ2v) is 17.5. The number of benzene rings is 1. The first kappa shape index (κ1) is 27.3. The van der Waals surface area contributed by atoms with E-state index >= 15 is 0 Å². The standard InChI is InChI=1S/C25H42N4O4Si/c1-22(2)23(3,4)27(31)20(26(22)30)18-14-17(12-13-34(9,10)11)15-19(16-18)21-28(32)24(5,6)25(7,8)29(21)33/h14-16,20-21,30-33H,1-11H3. The Morgan fingerprint density at radius 3 is 1.18 bits per heavy atom. The van der Waals surface area contributed by atoms with Crippen LogP contribution in [0.5, 0.6) is 0 Å². The second kappa shape index (κ2) is 8.10. The summed E-state index contributed by atoms with van der Waals surface area (Å²) < 4.78 is 0. The lowest BCUT2D eigenvalue weighted by Crippen LogP contribution is -2.52. The van der Waals surface area contributed by atoms with Gasteiger partial charge in [-0.05, 0) is 84.7 Å². The van der Waals surface area contributed by atoms with E-state index < -0.39 is 42.6 Å². The van der Waals surface area contributed by atoms with E-state index in [-0.39, 0.29) is 0 Å². The molecule has 0 atom stereocenters. The summed E-state index contributed by atoms with van der Waals surface area (Å²) in [5.74, 6) is 3.27. The molecule has 2 aliphatic rings. The van der Waals surface area contributed by atoms with Crippen LogP contribution in [0.15, 0.2) is 18.2 Å². The van der Waals surface area contributed by atoms with Gasteiger partial charge in [-0.3, -0.25) is 0 Å². The first-order valence-electron chi connectivity index (χ1n) is 11.8. The highest BCUT2D eigenvalue weighted by Crippen LogP contribution is 2.50. The third-order valence-electron chi connectivity index (χ3n) is 8.37. The van der Waals surface area contributed by atoms with Crippen LogP contribution < -0.4 is 0 Å². The van der Waals surface area contributed by atoms with Crippen molar-refractivity contribution in [3.63, 3.8) is 0 Å². The monoisotopic (exact) mass is 490 g/mol. The van der Waals surface area contributed by atoms with Crippen LogP contribution in [0.2, 0.25) is 19.6 Å². The molecule has 2 aliphatic heterocycles. The van der Waals surface area contributed by atoms with Gasteiger partial charge in [-0.15, -0.1) is 5.54 Å². The van der Waals surface area contributed by atoms with Gasteiger partial charge in [0, 0.05) is 5.56 Å². The third-order valence-corrected chi connectivity index (χ3v) is 9.24. The summed E-state index contributed by atoms with van der Waals surface area (Å²) >= 11 is 0. The van der Waals surface area contributed by atoms with Crippen molar-refractivity contribution in [2.24, 2.45) is 0 Å². The number of hydroxylamine groups is 8. The molecule has 0 amide bonds. The molecule has 2 fully saturated rings. The van der Waals surface area contributed by atoms with Crippen LogP contribution in [0.1, 0.15) is 84.4 Å². The summed E-state index contributed by atoms with van der Waals surface area (Å²) in [5, 5.41) is 49.2. The fourth-order valence-electron chi connectivity index (χ4n) is 4.42. The molecule has 0 unspecified atom stereocenters. The molecule has 0 aliphatic carbocycles. The van der Waals surface area contributed by atoms with Crippen LogP contribution in [-0.2, 0) is 0 Å². The molecule has 2 heterocycles. The summed E-state index contributed by atoms with van der Waals surface area (Å²) in [6.45, 7) is 21.5. The minimum atomic E-state index is -1.68. The van der Waals surface area contributed by atoms with Crippen LogP contribution in [0.25, 0.3) is 0 Å². The first-order chi connectivity index (χ1) is 15.2. The van der Waals surface area contributed by atoms with Crippen LogP contribution in [0, 0.1) is 11.5 Å². The quantitative estimate of drug-likeness (QED) is 0.346. The predicted octanol–water partition coefficient (Wildman–Crippen LogP) is 4.82. The molecule has 190 valence electrons. The topological polar surface area (TPSA) is 93.9 Å². The zero-order valence-corrected chi connectivity index (χ0v) is 23.5. The van der Waals surface area contributed by atoms with E-state index in [0.717, 1.165) is 20.3 Å². The maximum atomic E-state index is 11.1. The lowest BCUT2D eigenvalue weighted by Gasteiger charge is -2.37. The Morgan fingerprint density at radius 2 is 0.912 bits per heavy atom. The molecule has 0 aromatic heterocycles. The van der Waals surface area contributed by atoms with Gasteiger partial charge in [-0.2, -0.15) is 20.3 Å². The lowest BCUT2D eigenvalue weighted by atomic mass is 9.84. The number of rotatable bonds is 2. The maximum Gasteiger partial charge on any atom is 0.136 e. The lowest BCUT2D eigenvalue weighted by molar-refractivity contribution is -0.225. The molecule has 1 aromatic carbocycles. The van der Waals surface area contributed by atoms with E-state index in [1.807, 2.05) is 73.6 Å². The SMILES string of the molecule is CC1(C)N(O)C(c2cc(C#C[Si](C)(C)C)cc(C3N(O)C(C)(C)C(C)(C)N3O)c2)N(O)C1(C)C. The minimum absolute atomic E-state index is 0.616. The van der Waals surface area contributed by atoms with E-state index in [1.165, 1.54) is 0 Å². The normalized spacial score (nSPS) is 26.1. The largest absolute Gasteiger partial charge is 0.311 e. The summed E-state index contributed by atoms with van der Waals surface area (Å²) in [6, 6.07) is 5.53. The molecule has 2 saturated heterocycles. The van der Waals surface area contributed by atoms with Crippen LogP contribution in [0.4, 0.5) is 0 Å². The van der Waals surface area contributed by atoms with Gasteiger partial charge in [-0.25, -0.2) is 0 Å². The van der Waals surface area contributed by atoms with Gasteiger partial charge in [0.25, 0.3) is 0 Å². The zero-order chi connectivity index (χ0) is 26.2. The van der Waals surface area contributed by atoms with Gasteiger partial charge in [0.1, 0.15) is 20.4 Å². The van der Waals surface area contributed by atoms with Gasteiger partial charge in [0.2, 0.25) is 0 Å². The minimum Gasteiger partial charge on any atom is -0.311 e. The Labute approximate surface area is 205 Å². The number of hydrogen-bond acceptors (Lipinski definition) is 8. The molecule has 9 heteroatoms. The average Bonchev–Trinajstić information content (AvgIpc) is 2.89. The molecule has 0 saturated carbocycles. The highest BCUT2D eigenvalue weighted by molar-refractivity contribution is 6.83. The van der Waals surface area contributed by atoms with Crippen molar-refractivity contribution in [1.82, 2.24) is 20.3 Å². The third kappa shape index (κ3) is 3.95. The molecular weight excluding hydrogens is 448 g/mol. The van der Waals surface area contributed by atoms with Crippen molar-refractivity contribution in [3.05, 3.63) is 34.9 Å². The first-order valence-corrected chi connectivity index (χ1v) is 15.3. The fraction of sp³-hybridized carbons (Fsp3) is 0.680. The summed E-state index contributed by atoms with van der Waals surface area (Å²) in [7, 11) is -1.68. The molecule has 8 nitrogen and oxygen atoms in total. The van der Waals surface area contributed by atoms with Crippen LogP contribution in [-0.4, -0.2) is 71.3 Å². The molecule has 1 aromatic rings. The van der Waals surface area contributed by atoms with Crippen molar-refractivity contribution < 1.29 is 20.8 Å². The summed E-state index contributed by atoms with van der Waals surface area (Å²) in [5.41, 5.74) is 2.28. The molecule has 0 radical (unpaired) electrons. The molecule has 34 heavy (non-hydrogen) atoms. The second-order valence-electron chi connectivity index (χ2n) is 12.8. The zero-order valence-electron chi connectivity index (χ0n) is 22.5. The highest BCUT2D eigenvalue weighted by Gasteiger charge is 2.60. The van der Waals surface area contributed by atoms with Crippen LogP contribution in [0.3, 0.4) is 0 Å². The Kier molecular flexibility index (Phi) is 6.49. The van der Waals surface area contributed by atoms with Crippen LogP contribution >= 0.6 is 0 Å². The fourth-order valence-corrected chi connectivity index (χ4v) is 4.94. The van der Waals surface area contributed by atoms with Crippen molar-refractivity contribution in [3.8, 4) is 11.5 Å². The molecule has 0 spiro atoms. The highest BCUT2D eigenvalue weighted by atomic mass is 28.3. The maximum absolute atomic E-state index is 11.1. The van der Waals surface area contributed by atoms with E-state index in [9.17, 15) is 20.8 Å². The Morgan fingerprint density at radius 1 is 0.618 bits per heavy atom. The smallest absolute Gasteiger partial charge is 0.136 e. The Hall–Kier alpha value is -1.32. The predicted molar refractivity (Wildman–Crippen MR) is 133 cm³/mol. The van der Waals surface area contributed by atoms with Gasteiger partial charge >= 0.3 is 0 Å². The molecule has 0 bridgehead atoms. The van der Waals surface area contributed by atoms with Crippen molar-refractivity contribution in [2.45, 2.75) is 110 Å². The van der Waals surface area contributed by atoms with E-state index in [2.05, 4.69) is 31.1 Å². The molecule has 3 rings (SSSR count). The van der Waals surface area contributed by atoms with E-state index in [1.54, 1.807) is 0 Å². The summed E-state index contributed by atoms with van der Waals surface area (Å²) in [4.78, 5) is 0. The Balaban J connectivity index is 2.22. The van der Waals surface area contributed by atoms with Gasteiger partial charge in [0.15, 0.2) is 0 Å². The Bertz CT molecular complexity index is 920. The van der Waals surface area contributed by atoms with Crippen molar-refractivity contribution in [2.75, 3.05) is 0 Å². The number of nitrogens with zero attached hydrogens (tertiary/aromatic N) is 4. The van der Waals surface area contributed by atoms with Crippen molar-refractivity contribution >= 4 is 8.07 Å². The summed E-state index contributed by atoms with van der Waals surface area (Å²) in [6.07, 6.45) is -1.70. The van der Waals surface area contributed by atoms with Gasteiger partial charge in [-0.1, -0.05) is 25.6 Å².